The first-order valence-corrected chi connectivity index (χ1v) is 8.85. The number of carbonyl (C=O) groups is 1. The summed E-state index contributed by atoms with van der Waals surface area (Å²) < 4.78 is 39.0. The molecule has 1 fully saturated rings. The average molecular weight is 378 g/mol. The van der Waals surface area contributed by atoms with E-state index in [4.69, 9.17) is 0 Å². The molecule has 0 aliphatic carbocycles. The van der Waals surface area contributed by atoms with Gasteiger partial charge in [0.15, 0.2) is 0 Å². The number of aromatic nitrogens is 2. The molecule has 2 heterocycles. The van der Waals surface area contributed by atoms with E-state index in [9.17, 15) is 18.0 Å². The molecule has 5 nitrogen and oxygen atoms in total. The third-order valence-corrected chi connectivity index (χ3v) is 4.62. The zero-order valence-electron chi connectivity index (χ0n) is 14.7. The van der Waals surface area contributed by atoms with Gasteiger partial charge in [-0.05, 0) is 18.4 Å². The predicted octanol–water partition coefficient (Wildman–Crippen LogP) is 3.50. The van der Waals surface area contributed by atoms with Gasteiger partial charge in [0.1, 0.15) is 5.82 Å². The van der Waals surface area contributed by atoms with E-state index in [-0.39, 0.29) is 11.8 Å². The number of nitrogens with one attached hydrogen (secondary N) is 1. The summed E-state index contributed by atoms with van der Waals surface area (Å²) in [6.45, 7) is 1.16. The first kappa shape index (κ1) is 19.1. The van der Waals surface area contributed by atoms with Gasteiger partial charge in [-0.3, -0.25) is 9.78 Å². The largest absolute Gasteiger partial charge is 0.391 e. The Labute approximate surface area is 155 Å². The van der Waals surface area contributed by atoms with Crippen molar-refractivity contribution in [1.82, 2.24) is 15.3 Å². The zero-order valence-corrected chi connectivity index (χ0v) is 14.7. The van der Waals surface area contributed by atoms with Crippen molar-refractivity contribution >= 4 is 11.7 Å². The molecule has 144 valence electrons. The van der Waals surface area contributed by atoms with Gasteiger partial charge in [-0.2, -0.15) is 13.2 Å². The van der Waals surface area contributed by atoms with Crippen molar-refractivity contribution in [2.45, 2.75) is 31.5 Å². The number of alkyl halides is 3. The highest BCUT2D eigenvalue weighted by molar-refractivity contribution is 5.80. The van der Waals surface area contributed by atoms with Gasteiger partial charge < -0.3 is 10.2 Å². The van der Waals surface area contributed by atoms with E-state index in [0.717, 1.165) is 13.0 Å². The summed E-state index contributed by atoms with van der Waals surface area (Å²) >= 11 is 0. The van der Waals surface area contributed by atoms with Gasteiger partial charge in [0, 0.05) is 25.5 Å². The van der Waals surface area contributed by atoms with Crippen molar-refractivity contribution in [2.24, 2.45) is 5.92 Å². The topological polar surface area (TPSA) is 58.1 Å². The maximum Gasteiger partial charge on any atom is 0.391 e. The fourth-order valence-electron chi connectivity index (χ4n) is 3.31. The van der Waals surface area contributed by atoms with Crippen LogP contribution in [-0.4, -0.2) is 35.1 Å². The number of nitrogens with zero attached hydrogens (tertiary/aromatic N) is 3. The van der Waals surface area contributed by atoms with Crippen molar-refractivity contribution in [3.8, 4) is 0 Å². The van der Waals surface area contributed by atoms with Crippen LogP contribution in [0.3, 0.4) is 0 Å². The van der Waals surface area contributed by atoms with Gasteiger partial charge in [-0.25, -0.2) is 4.98 Å². The Morgan fingerprint density at radius 3 is 2.70 bits per heavy atom. The van der Waals surface area contributed by atoms with Gasteiger partial charge in [0.2, 0.25) is 5.91 Å². The van der Waals surface area contributed by atoms with Crippen LogP contribution < -0.4 is 10.2 Å². The maximum atomic E-state index is 13.0. The summed E-state index contributed by atoms with van der Waals surface area (Å²) in [4.78, 5) is 22.9. The Kier molecular flexibility index (Phi) is 5.93. The van der Waals surface area contributed by atoms with Crippen LogP contribution in [0, 0.1) is 5.92 Å². The Morgan fingerprint density at radius 1 is 1.26 bits per heavy atom. The summed E-state index contributed by atoms with van der Waals surface area (Å²) in [5, 5.41) is 2.61. The molecule has 2 aromatic rings. The summed E-state index contributed by atoms with van der Waals surface area (Å²) in [5.41, 5.74) is 0.449. The Balaban J connectivity index is 1.69. The van der Waals surface area contributed by atoms with Crippen LogP contribution in [0.2, 0.25) is 0 Å². The second-order valence-corrected chi connectivity index (χ2v) is 6.64. The number of piperidine rings is 1. The number of benzene rings is 1. The van der Waals surface area contributed by atoms with Crippen molar-refractivity contribution in [3.05, 3.63) is 54.5 Å². The van der Waals surface area contributed by atoms with E-state index in [0.29, 0.717) is 24.3 Å². The lowest BCUT2D eigenvalue weighted by atomic mass is 9.95. The van der Waals surface area contributed by atoms with Crippen molar-refractivity contribution in [1.29, 1.82) is 0 Å². The Bertz CT molecular complexity index is 740. The molecule has 1 N–H and O–H groups in total. The minimum atomic E-state index is -4.37. The SMILES string of the molecule is O=C(N[C@H](CC(F)(F)F)c1ccccc1)[C@H]1CCCN(c2cnccn2)C1. The smallest absolute Gasteiger partial charge is 0.355 e. The van der Waals surface area contributed by atoms with Gasteiger partial charge in [-0.1, -0.05) is 30.3 Å². The van der Waals surface area contributed by atoms with E-state index in [2.05, 4.69) is 15.3 Å². The average Bonchev–Trinajstić information content (AvgIpc) is 2.68. The predicted molar refractivity (Wildman–Crippen MR) is 95.0 cm³/mol. The van der Waals surface area contributed by atoms with Gasteiger partial charge >= 0.3 is 6.18 Å². The van der Waals surface area contributed by atoms with Crippen LogP contribution in [0.25, 0.3) is 0 Å². The first-order chi connectivity index (χ1) is 12.9. The Hall–Kier alpha value is -2.64. The lowest BCUT2D eigenvalue weighted by Gasteiger charge is -2.33. The third kappa shape index (κ3) is 5.42. The fraction of sp³-hybridized carbons (Fsp3) is 0.421. The van der Waals surface area contributed by atoms with Crippen LogP contribution in [0.15, 0.2) is 48.9 Å². The molecular formula is C19H21F3N4O. The highest BCUT2D eigenvalue weighted by atomic mass is 19.4. The number of amides is 1. The van der Waals surface area contributed by atoms with Crippen LogP contribution in [-0.2, 0) is 4.79 Å². The second-order valence-electron chi connectivity index (χ2n) is 6.64. The Morgan fingerprint density at radius 2 is 2.04 bits per heavy atom. The molecule has 0 saturated carbocycles. The molecule has 0 radical (unpaired) electrons. The first-order valence-electron chi connectivity index (χ1n) is 8.85. The van der Waals surface area contributed by atoms with Crippen LogP contribution in [0.5, 0.6) is 0 Å². The van der Waals surface area contributed by atoms with Gasteiger partial charge in [-0.15, -0.1) is 0 Å². The minimum Gasteiger partial charge on any atom is -0.355 e. The second kappa shape index (κ2) is 8.37. The van der Waals surface area contributed by atoms with Crippen molar-refractivity contribution in [3.63, 3.8) is 0 Å². The molecule has 0 bridgehead atoms. The van der Waals surface area contributed by atoms with Crippen LogP contribution >= 0.6 is 0 Å². The molecule has 1 saturated heterocycles. The van der Waals surface area contributed by atoms with E-state index < -0.39 is 18.6 Å². The monoisotopic (exact) mass is 378 g/mol. The third-order valence-electron chi connectivity index (χ3n) is 4.62. The number of halogens is 3. The minimum absolute atomic E-state index is 0.360. The molecular weight excluding hydrogens is 357 g/mol. The fourth-order valence-corrected chi connectivity index (χ4v) is 3.31. The molecule has 8 heteroatoms. The molecule has 1 aliphatic rings. The number of hydrogen-bond acceptors (Lipinski definition) is 4. The molecule has 1 aromatic heterocycles. The summed E-state index contributed by atoms with van der Waals surface area (Å²) in [6, 6.07) is 7.18. The lowest BCUT2D eigenvalue weighted by Crippen LogP contribution is -2.44. The standard InChI is InChI=1S/C19H21F3N4O/c20-19(21,22)11-16(14-5-2-1-3-6-14)25-18(27)15-7-4-10-26(13-15)17-12-23-8-9-24-17/h1-3,5-6,8-9,12,15-16H,4,7,10-11,13H2,(H,25,27)/t15-,16+/m0/s1. The lowest BCUT2D eigenvalue weighted by molar-refractivity contribution is -0.143. The normalized spacial score (nSPS) is 18.8. The number of rotatable bonds is 5. The summed E-state index contributed by atoms with van der Waals surface area (Å²) in [5.74, 6) is -0.0770. The van der Waals surface area contributed by atoms with Gasteiger partial charge in [0.05, 0.1) is 24.6 Å². The van der Waals surface area contributed by atoms with Crippen molar-refractivity contribution in [2.75, 3.05) is 18.0 Å². The van der Waals surface area contributed by atoms with Crippen LogP contribution in [0.4, 0.5) is 19.0 Å². The molecule has 1 amide bonds. The molecule has 3 rings (SSSR count). The number of anilines is 1. The molecule has 2 atom stereocenters. The van der Waals surface area contributed by atoms with Crippen LogP contribution in [0.1, 0.15) is 30.9 Å². The van der Waals surface area contributed by atoms with E-state index >= 15 is 0 Å². The highest BCUT2D eigenvalue weighted by Crippen LogP contribution is 2.30. The molecule has 0 spiro atoms. The molecule has 27 heavy (non-hydrogen) atoms. The quantitative estimate of drug-likeness (QED) is 0.865. The maximum absolute atomic E-state index is 13.0. The van der Waals surface area contributed by atoms with E-state index in [1.807, 2.05) is 4.90 Å². The molecule has 0 unspecified atom stereocenters. The highest BCUT2D eigenvalue weighted by Gasteiger charge is 2.35. The molecule has 1 aliphatic heterocycles. The summed E-state index contributed by atoms with van der Waals surface area (Å²) in [6.07, 6.45) is 0.707. The molecule has 1 aromatic carbocycles. The zero-order chi connectivity index (χ0) is 19.3. The van der Waals surface area contributed by atoms with Gasteiger partial charge in [0.25, 0.3) is 0 Å². The summed E-state index contributed by atoms with van der Waals surface area (Å²) in [7, 11) is 0. The number of carbonyl (C=O) groups excluding carboxylic acids is 1. The number of hydrogen-bond donors (Lipinski definition) is 1. The van der Waals surface area contributed by atoms with Crippen molar-refractivity contribution < 1.29 is 18.0 Å². The van der Waals surface area contributed by atoms with E-state index in [1.54, 1.807) is 48.9 Å². The van der Waals surface area contributed by atoms with E-state index in [1.165, 1.54) is 0 Å².